The number of nitrogens with one attached hydrogen (secondary N) is 1. The van der Waals surface area contributed by atoms with Gasteiger partial charge in [0, 0.05) is 36.3 Å². The number of ether oxygens (including phenoxy) is 2. The first-order valence-corrected chi connectivity index (χ1v) is 19.1. The SMILES string of the molecule is COc1ccc([Si](C)(C)[C@@H]2[C@@H](CC(=O)N3CCC[C@H]3CO)O[C@]3(C(=O)N(C)c4ccc(NC(=O)c5ccccc5)cc43)[C@H]2C)cc1. The number of likely N-dealkylation sites (tertiary alicyclic amines) is 1. The van der Waals surface area contributed by atoms with Crippen LogP contribution in [-0.4, -0.2) is 75.3 Å². The Balaban J connectivity index is 1.41. The highest BCUT2D eigenvalue weighted by atomic mass is 28.3. The summed E-state index contributed by atoms with van der Waals surface area (Å²) >= 11 is 0. The van der Waals surface area contributed by atoms with Crippen LogP contribution in [0.3, 0.4) is 0 Å². The maximum atomic E-state index is 14.4. The van der Waals surface area contributed by atoms with Gasteiger partial charge in [0.1, 0.15) is 5.75 Å². The first-order chi connectivity index (χ1) is 22.0. The number of rotatable bonds is 8. The molecule has 9 nitrogen and oxygen atoms in total. The molecular formula is C36H43N3O6Si. The average Bonchev–Trinajstić information content (AvgIpc) is 3.72. The summed E-state index contributed by atoms with van der Waals surface area (Å²) in [6.45, 7) is 7.18. The molecule has 2 fully saturated rings. The molecule has 242 valence electrons. The van der Waals surface area contributed by atoms with Crippen LogP contribution in [0.2, 0.25) is 18.6 Å². The zero-order valence-corrected chi connectivity index (χ0v) is 28.2. The summed E-state index contributed by atoms with van der Waals surface area (Å²) in [5.41, 5.74) is 1.09. The Kier molecular flexibility index (Phi) is 8.56. The Morgan fingerprint density at radius 2 is 1.80 bits per heavy atom. The normalized spacial score (nSPS) is 25.7. The molecular weight excluding hydrogens is 598 g/mol. The van der Waals surface area contributed by atoms with Gasteiger partial charge in [0.25, 0.3) is 11.8 Å². The number of anilines is 2. The van der Waals surface area contributed by atoms with Crippen molar-refractivity contribution in [1.29, 1.82) is 0 Å². The Morgan fingerprint density at radius 1 is 1.09 bits per heavy atom. The summed E-state index contributed by atoms with van der Waals surface area (Å²) in [4.78, 5) is 44.8. The summed E-state index contributed by atoms with van der Waals surface area (Å²) in [6, 6.07) is 22.4. The van der Waals surface area contributed by atoms with Gasteiger partial charge in [0.15, 0.2) is 5.60 Å². The molecule has 3 aromatic carbocycles. The molecule has 2 N–H and O–H groups in total. The van der Waals surface area contributed by atoms with E-state index in [0.29, 0.717) is 23.4 Å². The van der Waals surface area contributed by atoms with Gasteiger partial charge in [-0.25, -0.2) is 0 Å². The molecule has 0 aromatic heterocycles. The largest absolute Gasteiger partial charge is 0.497 e. The van der Waals surface area contributed by atoms with E-state index < -0.39 is 19.8 Å². The minimum Gasteiger partial charge on any atom is -0.497 e. The van der Waals surface area contributed by atoms with E-state index in [0.717, 1.165) is 24.3 Å². The molecule has 1 spiro atoms. The van der Waals surface area contributed by atoms with Crippen LogP contribution in [0.4, 0.5) is 11.4 Å². The molecule has 0 saturated carbocycles. The van der Waals surface area contributed by atoms with E-state index in [1.807, 2.05) is 42.5 Å². The van der Waals surface area contributed by atoms with Gasteiger partial charge in [-0.05, 0) is 60.8 Å². The lowest BCUT2D eigenvalue weighted by Crippen LogP contribution is -2.52. The van der Waals surface area contributed by atoms with E-state index >= 15 is 0 Å². The van der Waals surface area contributed by atoms with Crippen molar-refractivity contribution in [2.45, 2.75) is 62.6 Å². The van der Waals surface area contributed by atoms with Gasteiger partial charge in [-0.1, -0.05) is 55.5 Å². The van der Waals surface area contributed by atoms with Crippen molar-refractivity contribution in [3.05, 3.63) is 83.9 Å². The van der Waals surface area contributed by atoms with E-state index in [1.54, 1.807) is 42.2 Å². The number of fused-ring (bicyclic) bond motifs is 2. The number of nitrogens with zero attached hydrogens (tertiary/aromatic N) is 2. The molecule has 3 aromatic rings. The van der Waals surface area contributed by atoms with Crippen LogP contribution in [0.5, 0.6) is 5.75 Å². The van der Waals surface area contributed by atoms with Gasteiger partial charge in [0.2, 0.25) is 5.91 Å². The van der Waals surface area contributed by atoms with E-state index in [2.05, 4.69) is 37.5 Å². The Hall–Kier alpha value is -3.99. The highest BCUT2D eigenvalue weighted by Crippen LogP contribution is 2.60. The third kappa shape index (κ3) is 5.22. The molecule has 0 unspecified atom stereocenters. The van der Waals surface area contributed by atoms with E-state index in [9.17, 15) is 19.5 Å². The zero-order valence-electron chi connectivity index (χ0n) is 27.2. The number of methoxy groups -OCH3 is 1. The van der Waals surface area contributed by atoms with E-state index in [1.165, 1.54) is 5.19 Å². The molecule has 3 amide bonds. The second kappa shape index (κ2) is 12.3. The lowest BCUT2D eigenvalue weighted by Gasteiger charge is -2.37. The Labute approximate surface area is 271 Å². The molecule has 3 aliphatic rings. The second-order valence-electron chi connectivity index (χ2n) is 13.3. The summed E-state index contributed by atoms with van der Waals surface area (Å²) in [7, 11) is 0.965. The van der Waals surface area contributed by atoms with Crippen molar-refractivity contribution in [3.63, 3.8) is 0 Å². The van der Waals surface area contributed by atoms with E-state index in [-0.39, 0.29) is 48.3 Å². The highest BCUT2D eigenvalue weighted by molar-refractivity contribution is 6.91. The standard InChI is InChI=1S/C36H43N3O6Si/c1-23-33(46(4,5)28-16-14-27(44-3)15-17-28)31(21-32(41)39-19-9-12-26(39)22-40)45-36(23)29-20-25(13-18-30(29)38(2)35(36)43)37-34(42)24-10-7-6-8-11-24/h6-8,10-11,13-18,20,23,26,31,33,40H,9,12,19,21-22H2,1-5H3,(H,37,42)/t23-,26-,31+,33-,36+/m0/s1. The number of likely N-dealkylation sites (N-methyl/N-ethyl adjacent to an activating group) is 1. The predicted molar refractivity (Wildman–Crippen MR) is 180 cm³/mol. The molecule has 0 aliphatic carbocycles. The van der Waals surface area contributed by atoms with Crippen molar-refractivity contribution in [2.75, 3.05) is 37.5 Å². The monoisotopic (exact) mass is 641 g/mol. The topological polar surface area (TPSA) is 108 Å². The smallest absolute Gasteiger partial charge is 0.264 e. The third-order valence-corrected chi connectivity index (χ3v) is 14.9. The lowest BCUT2D eigenvalue weighted by molar-refractivity contribution is -0.149. The number of amides is 3. The van der Waals surface area contributed by atoms with Crippen molar-refractivity contribution < 1.29 is 29.0 Å². The van der Waals surface area contributed by atoms with Crippen LogP contribution >= 0.6 is 0 Å². The number of carbonyl (C=O) groups is 3. The maximum Gasteiger partial charge on any atom is 0.264 e. The summed E-state index contributed by atoms with van der Waals surface area (Å²) in [5.74, 6) is 0.0143. The first-order valence-electron chi connectivity index (χ1n) is 16.0. The zero-order chi connectivity index (χ0) is 32.8. The third-order valence-electron chi connectivity index (χ3n) is 10.5. The van der Waals surface area contributed by atoms with Gasteiger partial charge >= 0.3 is 0 Å². The summed E-state index contributed by atoms with van der Waals surface area (Å²) < 4.78 is 12.5. The first kappa shape index (κ1) is 32.0. The van der Waals surface area contributed by atoms with Crippen LogP contribution in [0.15, 0.2) is 72.8 Å². The van der Waals surface area contributed by atoms with Crippen LogP contribution in [0, 0.1) is 5.92 Å². The minimum absolute atomic E-state index is 0.0572. The van der Waals surface area contributed by atoms with Crippen molar-refractivity contribution in [3.8, 4) is 5.75 Å². The fraction of sp³-hybridized carbons (Fsp3) is 0.417. The average molecular weight is 642 g/mol. The van der Waals surface area contributed by atoms with Crippen LogP contribution in [-0.2, 0) is 19.9 Å². The van der Waals surface area contributed by atoms with Gasteiger partial charge in [-0.2, -0.15) is 0 Å². The predicted octanol–water partition coefficient (Wildman–Crippen LogP) is 4.51. The molecule has 3 aliphatic heterocycles. The Bertz CT molecular complexity index is 1630. The van der Waals surface area contributed by atoms with Gasteiger partial charge in [-0.3, -0.25) is 14.4 Å². The van der Waals surface area contributed by atoms with Crippen LogP contribution < -0.4 is 20.1 Å². The summed E-state index contributed by atoms with van der Waals surface area (Å²) in [6.07, 6.45) is 1.22. The molecule has 3 heterocycles. The molecule has 0 radical (unpaired) electrons. The minimum atomic E-state index is -2.43. The molecule has 5 atom stereocenters. The van der Waals surface area contributed by atoms with Crippen molar-refractivity contribution in [2.24, 2.45) is 5.92 Å². The van der Waals surface area contributed by atoms with Crippen molar-refractivity contribution >= 4 is 42.4 Å². The molecule has 2 saturated heterocycles. The fourth-order valence-electron chi connectivity index (χ4n) is 8.13. The quantitative estimate of drug-likeness (QED) is 0.351. The number of benzene rings is 3. The fourth-order valence-corrected chi connectivity index (χ4v) is 12.1. The van der Waals surface area contributed by atoms with Crippen molar-refractivity contribution in [1.82, 2.24) is 4.90 Å². The maximum absolute atomic E-state index is 14.4. The van der Waals surface area contributed by atoms with Crippen LogP contribution in [0.1, 0.15) is 42.1 Å². The molecule has 6 rings (SSSR count). The second-order valence-corrected chi connectivity index (χ2v) is 18.0. The number of hydrogen-bond donors (Lipinski definition) is 2. The molecule has 10 heteroatoms. The molecule has 0 bridgehead atoms. The number of aliphatic hydroxyl groups is 1. The van der Waals surface area contributed by atoms with Gasteiger partial charge < -0.3 is 29.7 Å². The van der Waals surface area contributed by atoms with Crippen LogP contribution in [0.25, 0.3) is 0 Å². The molecule has 46 heavy (non-hydrogen) atoms. The number of aliphatic hydroxyl groups excluding tert-OH is 1. The Morgan fingerprint density at radius 3 is 2.48 bits per heavy atom. The number of hydrogen-bond acceptors (Lipinski definition) is 6. The van der Waals surface area contributed by atoms with Gasteiger partial charge in [-0.15, -0.1) is 0 Å². The highest BCUT2D eigenvalue weighted by Gasteiger charge is 2.66. The summed E-state index contributed by atoms with van der Waals surface area (Å²) in [5, 5.41) is 14.1. The number of carbonyl (C=O) groups excluding carboxylic acids is 3. The lowest BCUT2D eigenvalue weighted by atomic mass is 9.82. The van der Waals surface area contributed by atoms with Gasteiger partial charge in [0.05, 0.1) is 46.0 Å². The van der Waals surface area contributed by atoms with E-state index in [4.69, 9.17) is 9.47 Å².